The number of nitrogens with one attached hydrogen (secondary N) is 2. The minimum Gasteiger partial charge on any atom is -0.478 e. The first-order chi connectivity index (χ1) is 9.35. The van der Waals surface area contributed by atoms with E-state index >= 15 is 0 Å². The van der Waals surface area contributed by atoms with Crippen LogP contribution in [0.25, 0.3) is 0 Å². The molecule has 0 saturated heterocycles. The number of rotatable bonds is 5. The summed E-state index contributed by atoms with van der Waals surface area (Å²) in [6.07, 6.45) is 0. The van der Waals surface area contributed by atoms with E-state index < -0.39 is 16.0 Å². The molecule has 1 heterocycles. The smallest absolute Gasteiger partial charge is 0.335 e. The van der Waals surface area contributed by atoms with E-state index in [-0.39, 0.29) is 17.3 Å². The van der Waals surface area contributed by atoms with Crippen LogP contribution >= 0.6 is 0 Å². The molecular weight excluding hydrogens is 284 g/mol. The van der Waals surface area contributed by atoms with Crippen molar-refractivity contribution in [1.29, 1.82) is 0 Å². The Morgan fingerprint density at radius 1 is 1.35 bits per heavy atom. The molecule has 0 atom stereocenters. The molecule has 0 aliphatic heterocycles. The summed E-state index contributed by atoms with van der Waals surface area (Å²) in [6, 6.07) is 5.60. The van der Waals surface area contributed by atoms with Gasteiger partial charge in [-0.15, -0.1) is 5.10 Å². The fraction of sp³-hybridized carbons (Fsp3) is 0.182. The molecule has 0 radical (unpaired) electrons. The number of nitrogens with zero attached hydrogens (tertiary/aromatic N) is 2. The summed E-state index contributed by atoms with van der Waals surface area (Å²) in [7, 11) is -3.65. The summed E-state index contributed by atoms with van der Waals surface area (Å²) < 4.78 is 26.0. The van der Waals surface area contributed by atoms with Gasteiger partial charge in [0.25, 0.3) is 5.95 Å². The van der Waals surface area contributed by atoms with Crippen LogP contribution in [0.3, 0.4) is 0 Å². The molecule has 0 spiro atoms. The molecule has 0 aliphatic rings. The number of carboxylic acid groups (broad SMARTS) is 1. The highest BCUT2D eigenvalue weighted by Gasteiger charge is 2.14. The fourth-order valence-electron chi connectivity index (χ4n) is 1.53. The number of carboxylic acids is 1. The standard InChI is InChI=1S/C11H12N4O4S/c1-7-12-11(14-13-7)15-20(18,19)6-8-2-4-9(5-3-8)10(16)17/h2-5H,6H2,1H3,(H,16,17)(H2,12,13,14,15). The van der Waals surface area contributed by atoms with E-state index in [1.807, 2.05) is 0 Å². The van der Waals surface area contributed by atoms with E-state index in [2.05, 4.69) is 19.9 Å². The Hall–Kier alpha value is -2.42. The van der Waals surface area contributed by atoms with Crippen LogP contribution in [0, 0.1) is 6.92 Å². The summed E-state index contributed by atoms with van der Waals surface area (Å²) in [6.45, 7) is 1.65. The van der Waals surface area contributed by atoms with Crippen molar-refractivity contribution in [3.05, 3.63) is 41.2 Å². The molecule has 0 saturated carbocycles. The molecule has 0 unspecified atom stereocenters. The van der Waals surface area contributed by atoms with Crippen molar-refractivity contribution in [3.8, 4) is 0 Å². The van der Waals surface area contributed by atoms with Gasteiger partial charge in [-0.05, 0) is 24.6 Å². The maximum atomic E-state index is 11.9. The first-order valence-corrected chi connectivity index (χ1v) is 7.23. The van der Waals surface area contributed by atoms with E-state index in [4.69, 9.17) is 5.11 Å². The van der Waals surface area contributed by atoms with Crippen molar-refractivity contribution in [3.63, 3.8) is 0 Å². The Morgan fingerprint density at radius 3 is 2.50 bits per heavy atom. The Morgan fingerprint density at radius 2 is 2.00 bits per heavy atom. The van der Waals surface area contributed by atoms with Crippen LogP contribution in [0.2, 0.25) is 0 Å². The lowest BCUT2D eigenvalue weighted by atomic mass is 10.1. The summed E-state index contributed by atoms with van der Waals surface area (Å²) in [4.78, 5) is 14.5. The fourth-order valence-corrected chi connectivity index (χ4v) is 2.60. The van der Waals surface area contributed by atoms with E-state index in [0.717, 1.165) is 0 Å². The molecule has 0 fully saturated rings. The largest absolute Gasteiger partial charge is 0.478 e. The number of benzene rings is 1. The van der Waals surface area contributed by atoms with Crippen LogP contribution in [-0.4, -0.2) is 34.7 Å². The van der Waals surface area contributed by atoms with Crippen LogP contribution in [0.15, 0.2) is 24.3 Å². The molecule has 0 aliphatic carbocycles. The van der Waals surface area contributed by atoms with Gasteiger partial charge in [0.1, 0.15) is 5.82 Å². The Kier molecular flexibility index (Phi) is 3.70. The lowest BCUT2D eigenvalue weighted by molar-refractivity contribution is 0.0697. The Labute approximate surface area is 114 Å². The van der Waals surface area contributed by atoms with Crippen LogP contribution in [-0.2, 0) is 15.8 Å². The first-order valence-electron chi connectivity index (χ1n) is 5.57. The minimum atomic E-state index is -3.65. The van der Waals surface area contributed by atoms with Gasteiger partial charge in [0, 0.05) is 0 Å². The normalized spacial score (nSPS) is 11.2. The zero-order chi connectivity index (χ0) is 14.8. The molecule has 0 bridgehead atoms. The number of sulfonamides is 1. The van der Waals surface area contributed by atoms with Crippen LogP contribution in [0.5, 0.6) is 0 Å². The van der Waals surface area contributed by atoms with Crippen LogP contribution in [0.1, 0.15) is 21.7 Å². The van der Waals surface area contributed by atoms with Gasteiger partial charge in [0.05, 0.1) is 11.3 Å². The zero-order valence-electron chi connectivity index (χ0n) is 10.5. The number of carbonyl (C=O) groups is 1. The highest BCUT2D eigenvalue weighted by molar-refractivity contribution is 7.91. The van der Waals surface area contributed by atoms with Gasteiger partial charge in [-0.1, -0.05) is 12.1 Å². The number of aromatic nitrogens is 3. The summed E-state index contributed by atoms with van der Waals surface area (Å²) >= 11 is 0. The van der Waals surface area contributed by atoms with Gasteiger partial charge in [-0.2, -0.15) is 4.98 Å². The summed E-state index contributed by atoms with van der Waals surface area (Å²) in [5.74, 6) is -0.882. The molecule has 0 amide bonds. The summed E-state index contributed by atoms with van der Waals surface area (Å²) in [5, 5.41) is 15.0. The number of anilines is 1. The molecule has 1 aromatic heterocycles. The average molecular weight is 296 g/mol. The third-order valence-corrected chi connectivity index (χ3v) is 3.61. The molecule has 106 valence electrons. The lowest BCUT2D eigenvalue weighted by Gasteiger charge is -2.05. The van der Waals surface area contributed by atoms with Crippen molar-refractivity contribution in [2.75, 3.05) is 4.72 Å². The Bertz CT molecular complexity index is 721. The molecule has 2 aromatic rings. The van der Waals surface area contributed by atoms with E-state index in [1.165, 1.54) is 24.3 Å². The average Bonchev–Trinajstić information content (AvgIpc) is 2.73. The second-order valence-corrected chi connectivity index (χ2v) is 5.83. The van der Waals surface area contributed by atoms with Crippen molar-refractivity contribution >= 4 is 21.9 Å². The highest BCUT2D eigenvalue weighted by atomic mass is 32.2. The van der Waals surface area contributed by atoms with Crippen LogP contribution < -0.4 is 4.72 Å². The molecule has 1 aromatic carbocycles. The zero-order valence-corrected chi connectivity index (χ0v) is 11.3. The number of hydrogen-bond acceptors (Lipinski definition) is 5. The van der Waals surface area contributed by atoms with E-state index in [1.54, 1.807) is 6.92 Å². The molecular formula is C11H12N4O4S. The number of H-pyrrole nitrogens is 1. The number of aromatic amines is 1. The van der Waals surface area contributed by atoms with E-state index in [0.29, 0.717) is 11.4 Å². The topological polar surface area (TPSA) is 125 Å². The maximum Gasteiger partial charge on any atom is 0.335 e. The van der Waals surface area contributed by atoms with Gasteiger partial charge >= 0.3 is 5.97 Å². The molecule has 9 heteroatoms. The monoisotopic (exact) mass is 296 g/mol. The molecule has 20 heavy (non-hydrogen) atoms. The molecule has 2 rings (SSSR count). The molecule has 8 nitrogen and oxygen atoms in total. The lowest BCUT2D eigenvalue weighted by Crippen LogP contribution is -2.16. The van der Waals surface area contributed by atoms with Crippen LogP contribution in [0.4, 0.5) is 5.95 Å². The van der Waals surface area contributed by atoms with E-state index in [9.17, 15) is 13.2 Å². The third kappa shape index (κ3) is 3.54. The maximum absolute atomic E-state index is 11.9. The second kappa shape index (κ2) is 5.29. The van der Waals surface area contributed by atoms with Gasteiger partial charge in [0.15, 0.2) is 0 Å². The predicted molar refractivity (Wildman–Crippen MR) is 70.8 cm³/mol. The van der Waals surface area contributed by atoms with Gasteiger partial charge in [0.2, 0.25) is 10.0 Å². The minimum absolute atomic E-state index is 0.0235. The number of aryl methyl sites for hydroxylation is 1. The van der Waals surface area contributed by atoms with Crippen molar-refractivity contribution in [2.45, 2.75) is 12.7 Å². The predicted octanol–water partition coefficient (Wildman–Crippen LogP) is 0.753. The third-order valence-electron chi connectivity index (χ3n) is 2.40. The number of hydrogen-bond donors (Lipinski definition) is 3. The van der Waals surface area contributed by atoms with Crippen molar-refractivity contribution in [2.24, 2.45) is 0 Å². The second-order valence-electron chi connectivity index (χ2n) is 4.11. The SMILES string of the molecule is Cc1nc(NS(=O)(=O)Cc2ccc(C(=O)O)cc2)n[nH]1. The number of aromatic carboxylic acids is 1. The van der Waals surface area contributed by atoms with Gasteiger partial charge in [-0.3, -0.25) is 5.10 Å². The van der Waals surface area contributed by atoms with Crippen molar-refractivity contribution < 1.29 is 18.3 Å². The highest BCUT2D eigenvalue weighted by Crippen LogP contribution is 2.10. The quantitative estimate of drug-likeness (QED) is 0.747. The van der Waals surface area contributed by atoms with Gasteiger partial charge < -0.3 is 5.11 Å². The Balaban J connectivity index is 2.09. The molecule has 3 N–H and O–H groups in total. The summed E-state index contributed by atoms with van der Waals surface area (Å²) in [5.41, 5.74) is 0.568. The van der Waals surface area contributed by atoms with Crippen molar-refractivity contribution in [1.82, 2.24) is 15.2 Å². The first kappa shape index (κ1) is 14.0. The van der Waals surface area contributed by atoms with Gasteiger partial charge in [-0.25, -0.2) is 17.9 Å².